The SMILES string of the molecule is Cc1cn2cc(NC(=O)c3ccc(N4C[C@H](C)N[C@@H](C)C4)n4cc(C)nc34)cc(F)c2n1. The zero-order valence-electron chi connectivity index (χ0n) is 18.6. The van der Waals surface area contributed by atoms with Crippen molar-refractivity contribution in [2.45, 2.75) is 39.8 Å². The number of aromatic nitrogens is 4. The fourth-order valence-corrected chi connectivity index (χ4v) is 4.57. The molecule has 1 aliphatic heterocycles. The van der Waals surface area contributed by atoms with Gasteiger partial charge in [-0.3, -0.25) is 9.20 Å². The fourth-order valence-electron chi connectivity index (χ4n) is 4.57. The molecule has 1 aliphatic rings. The number of hydrogen-bond acceptors (Lipinski definition) is 5. The summed E-state index contributed by atoms with van der Waals surface area (Å²) in [5.74, 6) is 0.165. The largest absolute Gasteiger partial charge is 0.355 e. The maximum Gasteiger partial charge on any atom is 0.259 e. The van der Waals surface area contributed by atoms with Crippen molar-refractivity contribution >= 4 is 28.7 Å². The third-order valence-electron chi connectivity index (χ3n) is 5.72. The number of hydrogen-bond donors (Lipinski definition) is 2. The summed E-state index contributed by atoms with van der Waals surface area (Å²) in [5, 5.41) is 6.35. The highest BCUT2D eigenvalue weighted by Crippen LogP contribution is 2.24. The molecule has 5 rings (SSSR count). The second kappa shape index (κ2) is 7.59. The van der Waals surface area contributed by atoms with E-state index in [-0.39, 0.29) is 11.6 Å². The van der Waals surface area contributed by atoms with Gasteiger partial charge < -0.3 is 19.9 Å². The summed E-state index contributed by atoms with van der Waals surface area (Å²) in [7, 11) is 0. The number of pyridine rings is 2. The fraction of sp³-hybridized carbons (Fsp3) is 0.348. The lowest BCUT2D eigenvalue weighted by molar-refractivity contribution is 0.102. The number of carbonyl (C=O) groups is 1. The first-order valence-electron chi connectivity index (χ1n) is 10.7. The number of fused-ring (bicyclic) bond motifs is 2. The van der Waals surface area contributed by atoms with Crippen molar-refractivity contribution in [2.75, 3.05) is 23.3 Å². The molecule has 0 spiro atoms. The van der Waals surface area contributed by atoms with Crippen molar-refractivity contribution in [2.24, 2.45) is 0 Å². The number of piperazine rings is 1. The summed E-state index contributed by atoms with van der Waals surface area (Å²) < 4.78 is 18.0. The molecule has 0 aromatic carbocycles. The average Bonchev–Trinajstić information content (AvgIpc) is 3.28. The van der Waals surface area contributed by atoms with Crippen LogP contribution in [0.3, 0.4) is 0 Å². The van der Waals surface area contributed by atoms with Crippen LogP contribution in [-0.4, -0.2) is 49.8 Å². The summed E-state index contributed by atoms with van der Waals surface area (Å²) in [6, 6.07) is 5.75. The van der Waals surface area contributed by atoms with Gasteiger partial charge in [-0.15, -0.1) is 0 Å². The number of carbonyl (C=O) groups excluding carboxylic acids is 1. The number of rotatable bonds is 3. The first-order chi connectivity index (χ1) is 15.3. The summed E-state index contributed by atoms with van der Waals surface area (Å²) in [5.41, 5.74) is 3.12. The highest BCUT2D eigenvalue weighted by molar-refractivity contribution is 6.08. The Kier molecular flexibility index (Phi) is 4.85. The van der Waals surface area contributed by atoms with E-state index in [4.69, 9.17) is 0 Å². The third kappa shape index (κ3) is 3.58. The van der Waals surface area contributed by atoms with Crippen LogP contribution in [0, 0.1) is 19.7 Å². The smallest absolute Gasteiger partial charge is 0.259 e. The van der Waals surface area contributed by atoms with Crippen LogP contribution in [0.15, 0.2) is 36.8 Å². The van der Waals surface area contributed by atoms with Crippen molar-refractivity contribution < 1.29 is 9.18 Å². The van der Waals surface area contributed by atoms with Crippen LogP contribution in [0.25, 0.3) is 11.3 Å². The molecule has 8 nitrogen and oxygen atoms in total. The average molecular weight is 436 g/mol. The van der Waals surface area contributed by atoms with Crippen LogP contribution in [0.5, 0.6) is 0 Å². The van der Waals surface area contributed by atoms with Gasteiger partial charge in [0.05, 0.1) is 22.6 Å². The molecular formula is C23H26FN7O. The van der Waals surface area contributed by atoms with E-state index in [9.17, 15) is 9.18 Å². The number of halogens is 1. The van der Waals surface area contributed by atoms with Crippen molar-refractivity contribution in [3.8, 4) is 0 Å². The van der Waals surface area contributed by atoms with Gasteiger partial charge in [0, 0.05) is 49.8 Å². The Morgan fingerprint density at radius 3 is 2.50 bits per heavy atom. The minimum Gasteiger partial charge on any atom is -0.355 e. The van der Waals surface area contributed by atoms with Crippen LogP contribution in [-0.2, 0) is 0 Å². The monoisotopic (exact) mass is 435 g/mol. The van der Waals surface area contributed by atoms with Crippen LogP contribution in [0.4, 0.5) is 15.9 Å². The number of amides is 1. The second-order valence-corrected chi connectivity index (χ2v) is 8.70. The van der Waals surface area contributed by atoms with Crippen LogP contribution >= 0.6 is 0 Å². The van der Waals surface area contributed by atoms with Crippen molar-refractivity contribution in [1.82, 2.24) is 24.1 Å². The van der Waals surface area contributed by atoms with E-state index in [2.05, 4.69) is 39.3 Å². The molecule has 0 bridgehead atoms. The standard InChI is InChI=1S/C23H26FN7O/c1-13-8-29(9-14(2)25-13)20-6-5-18(21-26-16(4)11-31(20)21)23(32)28-17-7-19(24)22-27-15(3)10-30(22)12-17/h5-7,10-14,25H,8-9H2,1-4H3,(H,28,32)/t13-,14-/m0/s1. The molecule has 1 fully saturated rings. The van der Waals surface area contributed by atoms with E-state index in [0.717, 1.165) is 24.6 Å². The Morgan fingerprint density at radius 2 is 1.75 bits per heavy atom. The van der Waals surface area contributed by atoms with Crippen molar-refractivity contribution in [3.63, 3.8) is 0 Å². The van der Waals surface area contributed by atoms with Crippen molar-refractivity contribution in [1.29, 1.82) is 0 Å². The summed E-state index contributed by atoms with van der Waals surface area (Å²) >= 11 is 0. The zero-order valence-corrected chi connectivity index (χ0v) is 18.6. The molecular weight excluding hydrogens is 409 g/mol. The molecule has 0 unspecified atom stereocenters. The first-order valence-corrected chi connectivity index (χ1v) is 10.7. The van der Waals surface area contributed by atoms with Gasteiger partial charge in [-0.05, 0) is 39.8 Å². The Morgan fingerprint density at radius 1 is 1.06 bits per heavy atom. The Bertz CT molecular complexity index is 1330. The van der Waals surface area contributed by atoms with Gasteiger partial charge in [-0.1, -0.05) is 0 Å². The summed E-state index contributed by atoms with van der Waals surface area (Å²) in [6.45, 7) is 9.77. The van der Waals surface area contributed by atoms with Gasteiger partial charge in [-0.2, -0.15) is 0 Å². The highest BCUT2D eigenvalue weighted by Gasteiger charge is 2.24. The molecule has 2 N–H and O–H groups in total. The molecule has 0 saturated carbocycles. The Balaban J connectivity index is 1.50. The zero-order chi connectivity index (χ0) is 22.6. The first kappa shape index (κ1) is 20.4. The molecule has 0 radical (unpaired) electrons. The lowest BCUT2D eigenvalue weighted by Crippen LogP contribution is -2.54. The maximum atomic E-state index is 14.4. The molecule has 32 heavy (non-hydrogen) atoms. The lowest BCUT2D eigenvalue weighted by Gasteiger charge is -2.37. The van der Waals surface area contributed by atoms with E-state index in [0.29, 0.717) is 34.7 Å². The van der Waals surface area contributed by atoms with Gasteiger partial charge in [0.15, 0.2) is 17.1 Å². The second-order valence-electron chi connectivity index (χ2n) is 8.70. The van der Waals surface area contributed by atoms with Gasteiger partial charge >= 0.3 is 0 Å². The van der Waals surface area contributed by atoms with E-state index in [1.54, 1.807) is 29.8 Å². The predicted molar refractivity (Wildman–Crippen MR) is 122 cm³/mol. The highest BCUT2D eigenvalue weighted by atomic mass is 19.1. The van der Waals surface area contributed by atoms with Crippen LogP contribution < -0.4 is 15.5 Å². The summed E-state index contributed by atoms with van der Waals surface area (Å²) in [6.07, 6.45) is 5.31. The molecule has 0 aliphatic carbocycles. The number of nitrogens with one attached hydrogen (secondary N) is 2. The van der Waals surface area contributed by atoms with E-state index in [1.807, 2.05) is 23.6 Å². The molecule has 2 atom stereocenters. The normalized spacial score (nSPS) is 19.1. The van der Waals surface area contributed by atoms with Gasteiger partial charge in [-0.25, -0.2) is 14.4 Å². The Labute approximate surface area is 185 Å². The minimum absolute atomic E-state index is 0.232. The van der Waals surface area contributed by atoms with E-state index in [1.165, 1.54) is 6.07 Å². The summed E-state index contributed by atoms with van der Waals surface area (Å²) in [4.78, 5) is 24.2. The molecule has 4 aromatic heterocycles. The molecule has 1 saturated heterocycles. The maximum absolute atomic E-state index is 14.4. The number of anilines is 2. The molecule has 166 valence electrons. The van der Waals surface area contributed by atoms with Gasteiger partial charge in [0.1, 0.15) is 5.82 Å². The van der Waals surface area contributed by atoms with E-state index >= 15 is 0 Å². The molecule has 9 heteroatoms. The molecule has 1 amide bonds. The number of aryl methyl sites for hydroxylation is 2. The van der Waals surface area contributed by atoms with Crippen LogP contribution in [0.2, 0.25) is 0 Å². The predicted octanol–water partition coefficient (Wildman–Crippen LogP) is 3.18. The van der Waals surface area contributed by atoms with Crippen LogP contribution in [0.1, 0.15) is 35.6 Å². The van der Waals surface area contributed by atoms with Gasteiger partial charge in [0.25, 0.3) is 5.91 Å². The minimum atomic E-state index is -0.491. The van der Waals surface area contributed by atoms with Gasteiger partial charge in [0.2, 0.25) is 0 Å². The Hall–Kier alpha value is -3.46. The molecule has 5 heterocycles. The number of nitrogens with zero attached hydrogens (tertiary/aromatic N) is 5. The quantitative estimate of drug-likeness (QED) is 0.517. The van der Waals surface area contributed by atoms with E-state index < -0.39 is 5.82 Å². The topological polar surface area (TPSA) is 79.0 Å². The van der Waals surface area contributed by atoms with Crippen molar-refractivity contribution in [3.05, 3.63) is 59.6 Å². The molecule has 4 aromatic rings. The lowest BCUT2D eigenvalue weighted by atomic mass is 10.1. The third-order valence-corrected chi connectivity index (χ3v) is 5.72. The number of imidazole rings is 2.